The average molecular weight is 289 g/mol. The van der Waals surface area contributed by atoms with Gasteiger partial charge in [-0.15, -0.1) is 0 Å². The smallest absolute Gasteiger partial charge is 0.126 e. The number of hydrogen-bond donors (Lipinski definition) is 3. The van der Waals surface area contributed by atoms with E-state index in [2.05, 4.69) is 21.4 Å². The van der Waals surface area contributed by atoms with Gasteiger partial charge in [0.2, 0.25) is 0 Å². The van der Waals surface area contributed by atoms with Crippen LogP contribution in [0.2, 0.25) is 0 Å². The summed E-state index contributed by atoms with van der Waals surface area (Å²) in [5.74, 6) is 6.60. The maximum atomic E-state index is 6.03. The number of nitrogens with one attached hydrogen (secondary N) is 1. The van der Waals surface area contributed by atoms with Crippen LogP contribution in [0.3, 0.4) is 0 Å². The summed E-state index contributed by atoms with van der Waals surface area (Å²) >= 11 is 0. The quantitative estimate of drug-likeness (QED) is 0.565. The van der Waals surface area contributed by atoms with E-state index in [0.29, 0.717) is 5.82 Å². The molecule has 0 radical (unpaired) electrons. The van der Waals surface area contributed by atoms with Crippen LogP contribution < -0.4 is 17.0 Å². The first kappa shape index (κ1) is 14.8. The minimum atomic E-state index is 0.202. The van der Waals surface area contributed by atoms with Gasteiger partial charge in [0.25, 0.3) is 0 Å². The summed E-state index contributed by atoms with van der Waals surface area (Å²) < 4.78 is 0. The van der Waals surface area contributed by atoms with Crippen molar-refractivity contribution in [2.75, 3.05) is 18.8 Å². The van der Waals surface area contributed by atoms with Crippen LogP contribution in [0.4, 0.5) is 5.82 Å². The zero-order chi connectivity index (χ0) is 14.7. The molecule has 1 aliphatic carbocycles. The molecule has 1 unspecified atom stereocenters. The molecule has 2 fully saturated rings. The highest BCUT2D eigenvalue weighted by Crippen LogP contribution is 2.41. The molecule has 0 aromatic carbocycles. The van der Waals surface area contributed by atoms with Crippen molar-refractivity contribution < 1.29 is 0 Å². The SMILES string of the molecule is NNC(Cc1cccnc1N)C1(N2CCCC2)CCCC1. The number of aromatic nitrogens is 1. The fourth-order valence-corrected chi connectivity index (χ4v) is 4.28. The van der Waals surface area contributed by atoms with E-state index < -0.39 is 0 Å². The summed E-state index contributed by atoms with van der Waals surface area (Å²) in [6, 6.07) is 4.26. The zero-order valence-electron chi connectivity index (χ0n) is 12.7. The Kier molecular flexibility index (Phi) is 4.42. The molecule has 116 valence electrons. The lowest BCUT2D eigenvalue weighted by Gasteiger charge is -2.45. The number of anilines is 1. The van der Waals surface area contributed by atoms with Gasteiger partial charge in [0.1, 0.15) is 5.82 Å². The van der Waals surface area contributed by atoms with Gasteiger partial charge >= 0.3 is 0 Å². The summed E-state index contributed by atoms with van der Waals surface area (Å²) in [5.41, 5.74) is 10.4. The number of hydrogen-bond acceptors (Lipinski definition) is 5. The predicted octanol–water partition coefficient (Wildman–Crippen LogP) is 1.45. The molecule has 1 aromatic heterocycles. The Labute approximate surface area is 127 Å². The van der Waals surface area contributed by atoms with Crippen molar-refractivity contribution in [3.8, 4) is 0 Å². The molecule has 1 aromatic rings. The van der Waals surface area contributed by atoms with Gasteiger partial charge in [-0.25, -0.2) is 4.98 Å². The molecule has 5 heteroatoms. The molecule has 0 amide bonds. The van der Waals surface area contributed by atoms with E-state index in [1.54, 1.807) is 6.20 Å². The van der Waals surface area contributed by atoms with Crippen molar-refractivity contribution in [3.63, 3.8) is 0 Å². The number of likely N-dealkylation sites (tertiary alicyclic amines) is 1. The van der Waals surface area contributed by atoms with Crippen LogP contribution in [0.1, 0.15) is 44.1 Å². The third-order valence-corrected chi connectivity index (χ3v) is 5.41. The van der Waals surface area contributed by atoms with Gasteiger partial charge in [0.15, 0.2) is 0 Å². The van der Waals surface area contributed by atoms with E-state index in [0.717, 1.165) is 12.0 Å². The number of nitrogens with zero attached hydrogens (tertiary/aromatic N) is 2. The van der Waals surface area contributed by atoms with E-state index >= 15 is 0 Å². The second-order valence-corrected chi connectivity index (χ2v) is 6.48. The Morgan fingerprint density at radius 2 is 1.95 bits per heavy atom. The second-order valence-electron chi connectivity index (χ2n) is 6.48. The third kappa shape index (κ3) is 2.78. The van der Waals surface area contributed by atoms with Gasteiger partial charge < -0.3 is 5.73 Å². The average Bonchev–Trinajstić information content (AvgIpc) is 3.18. The Balaban J connectivity index is 1.84. The Morgan fingerprint density at radius 3 is 2.57 bits per heavy atom. The van der Waals surface area contributed by atoms with Crippen molar-refractivity contribution in [2.45, 2.75) is 56.5 Å². The van der Waals surface area contributed by atoms with E-state index in [9.17, 15) is 0 Å². The van der Waals surface area contributed by atoms with Crippen LogP contribution >= 0.6 is 0 Å². The normalized spacial score (nSPS) is 23.5. The van der Waals surface area contributed by atoms with Crippen molar-refractivity contribution in [3.05, 3.63) is 23.9 Å². The number of nitrogens with two attached hydrogens (primary N) is 2. The number of nitrogen functional groups attached to an aromatic ring is 1. The summed E-state index contributed by atoms with van der Waals surface area (Å²) in [7, 11) is 0. The Bertz CT molecular complexity index is 463. The first-order chi connectivity index (χ1) is 10.3. The summed E-state index contributed by atoms with van der Waals surface area (Å²) in [6.07, 6.45) is 10.3. The summed E-state index contributed by atoms with van der Waals surface area (Å²) in [5, 5.41) is 0. The van der Waals surface area contributed by atoms with Crippen LogP contribution in [0.15, 0.2) is 18.3 Å². The van der Waals surface area contributed by atoms with Gasteiger partial charge in [0, 0.05) is 17.8 Å². The molecule has 0 spiro atoms. The number of pyridine rings is 1. The molecule has 1 aliphatic heterocycles. The molecule has 2 heterocycles. The molecule has 3 rings (SSSR count). The summed E-state index contributed by atoms with van der Waals surface area (Å²) in [6.45, 7) is 2.42. The van der Waals surface area contributed by atoms with E-state index in [1.165, 1.54) is 51.6 Å². The van der Waals surface area contributed by atoms with Crippen LogP contribution in [-0.4, -0.2) is 34.6 Å². The Morgan fingerprint density at radius 1 is 1.24 bits per heavy atom. The summed E-state index contributed by atoms with van der Waals surface area (Å²) in [4.78, 5) is 6.89. The molecular weight excluding hydrogens is 262 g/mol. The van der Waals surface area contributed by atoms with Crippen molar-refractivity contribution in [1.82, 2.24) is 15.3 Å². The van der Waals surface area contributed by atoms with Gasteiger partial charge in [-0.2, -0.15) is 0 Å². The van der Waals surface area contributed by atoms with Crippen LogP contribution in [-0.2, 0) is 6.42 Å². The topological polar surface area (TPSA) is 80.2 Å². The molecule has 0 bridgehead atoms. The molecular formula is C16H27N5. The largest absolute Gasteiger partial charge is 0.383 e. The highest BCUT2D eigenvalue weighted by molar-refractivity contribution is 5.39. The monoisotopic (exact) mass is 289 g/mol. The molecule has 5 N–H and O–H groups in total. The van der Waals surface area contributed by atoms with Gasteiger partial charge in [-0.1, -0.05) is 18.9 Å². The predicted molar refractivity (Wildman–Crippen MR) is 85.5 cm³/mol. The van der Waals surface area contributed by atoms with Crippen molar-refractivity contribution >= 4 is 5.82 Å². The maximum absolute atomic E-state index is 6.03. The lowest BCUT2D eigenvalue weighted by molar-refractivity contribution is 0.0766. The molecule has 21 heavy (non-hydrogen) atoms. The Hall–Kier alpha value is -1.17. The third-order valence-electron chi connectivity index (χ3n) is 5.41. The second kappa shape index (κ2) is 6.30. The van der Waals surface area contributed by atoms with Crippen LogP contribution in [0, 0.1) is 0 Å². The zero-order valence-corrected chi connectivity index (χ0v) is 12.7. The molecule has 5 nitrogen and oxygen atoms in total. The highest BCUT2D eigenvalue weighted by Gasteiger charge is 2.46. The van der Waals surface area contributed by atoms with Gasteiger partial charge in [-0.3, -0.25) is 16.2 Å². The molecule has 1 saturated heterocycles. The number of hydrazine groups is 1. The number of rotatable bonds is 5. The lowest BCUT2D eigenvalue weighted by atomic mass is 9.83. The standard InChI is InChI=1S/C16H27N5/c17-15-13(6-5-9-19-15)12-14(20-18)16(7-1-2-8-16)21-10-3-4-11-21/h5-6,9,14,20H,1-4,7-8,10-12,18H2,(H2,17,19). The fourth-order valence-electron chi connectivity index (χ4n) is 4.28. The van der Waals surface area contributed by atoms with Crippen LogP contribution in [0.25, 0.3) is 0 Å². The van der Waals surface area contributed by atoms with E-state index in [-0.39, 0.29) is 11.6 Å². The minimum absolute atomic E-state index is 0.202. The maximum Gasteiger partial charge on any atom is 0.126 e. The van der Waals surface area contributed by atoms with Crippen molar-refractivity contribution in [1.29, 1.82) is 0 Å². The molecule has 1 atom stereocenters. The van der Waals surface area contributed by atoms with E-state index in [4.69, 9.17) is 11.6 Å². The van der Waals surface area contributed by atoms with Crippen LogP contribution in [0.5, 0.6) is 0 Å². The lowest BCUT2D eigenvalue weighted by Crippen LogP contribution is -2.61. The first-order valence-electron chi connectivity index (χ1n) is 8.17. The highest BCUT2D eigenvalue weighted by atomic mass is 15.3. The first-order valence-corrected chi connectivity index (χ1v) is 8.17. The van der Waals surface area contributed by atoms with Crippen molar-refractivity contribution in [2.24, 2.45) is 5.84 Å². The molecule has 2 aliphatic rings. The fraction of sp³-hybridized carbons (Fsp3) is 0.688. The van der Waals surface area contributed by atoms with Gasteiger partial charge in [0.05, 0.1) is 0 Å². The minimum Gasteiger partial charge on any atom is -0.383 e. The van der Waals surface area contributed by atoms with Gasteiger partial charge in [-0.05, 0) is 56.8 Å². The van der Waals surface area contributed by atoms with E-state index in [1.807, 2.05) is 6.07 Å². The molecule has 1 saturated carbocycles.